The Morgan fingerprint density at radius 1 is 1.31 bits per heavy atom. The number of unbranched alkanes of at least 4 members (excludes halogenated alkanes) is 1. The van der Waals surface area contributed by atoms with E-state index in [0.717, 1.165) is 18.9 Å². The fourth-order valence-electron chi connectivity index (χ4n) is 1.13. The molecule has 0 radical (unpaired) electrons. The van der Waals surface area contributed by atoms with Crippen LogP contribution in [0.25, 0.3) is 0 Å². The number of carbonyl (C=O) groups is 1. The summed E-state index contributed by atoms with van der Waals surface area (Å²) in [6.07, 6.45) is 3.55. The molecule has 13 heavy (non-hydrogen) atoms. The van der Waals surface area contributed by atoms with E-state index in [1.165, 1.54) is 12.8 Å². The molecule has 0 bridgehead atoms. The zero-order valence-corrected chi connectivity index (χ0v) is 9.02. The second kappa shape index (κ2) is 8.05. The molecule has 3 nitrogen and oxygen atoms in total. The van der Waals surface area contributed by atoms with Gasteiger partial charge in [0.15, 0.2) is 0 Å². The minimum atomic E-state index is 0.0899. The maximum Gasteiger partial charge on any atom is 0.233 e. The molecule has 3 heteroatoms. The Bertz CT molecular complexity index is 135. The van der Waals surface area contributed by atoms with Crippen LogP contribution in [0.3, 0.4) is 0 Å². The summed E-state index contributed by atoms with van der Waals surface area (Å²) >= 11 is 0. The first kappa shape index (κ1) is 12.4. The second-order valence-corrected chi connectivity index (χ2v) is 3.77. The van der Waals surface area contributed by atoms with Crippen molar-refractivity contribution in [2.75, 3.05) is 20.1 Å². The number of hydrogen-bond acceptors (Lipinski definition) is 2. The fraction of sp³-hybridized carbons (Fsp3) is 0.900. The van der Waals surface area contributed by atoms with Gasteiger partial charge in [0.2, 0.25) is 5.91 Å². The van der Waals surface area contributed by atoms with Gasteiger partial charge in [-0.05, 0) is 19.4 Å². The van der Waals surface area contributed by atoms with E-state index in [-0.39, 0.29) is 5.91 Å². The molecule has 0 aliphatic rings. The molecule has 2 N–H and O–H groups in total. The molecule has 0 saturated carbocycles. The summed E-state index contributed by atoms with van der Waals surface area (Å²) < 4.78 is 0. The Labute approximate surface area is 81.3 Å². The maximum atomic E-state index is 11.0. The molecule has 0 atom stereocenters. The normalized spacial score (nSPS) is 10.5. The fourth-order valence-corrected chi connectivity index (χ4v) is 1.13. The summed E-state index contributed by atoms with van der Waals surface area (Å²) in [4.78, 5) is 11.0. The highest BCUT2D eigenvalue weighted by Gasteiger charge is 1.97. The molecule has 0 saturated heterocycles. The van der Waals surface area contributed by atoms with Gasteiger partial charge in [0.1, 0.15) is 0 Å². The van der Waals surface area contributed by atoms with Gasteiger partial charge in [-0.3, -0.25) is 4.79 Å². The zero-order valence-electron chi connectivity index (χ0n) is 9.02. The third-order valence-electron chi connectivity index (χ3n) is 1.87. The van der Waals surface area contributed by atoms with Crippen LogP contribution in [0.2, 0.25) is 0 Å². The summed E-state index contributed by atoms with van der Waals surface area (Å²) in [5.74, 6) is 0.861. The lowest BCUT2D eigenvalue weighted by atomic mass is 10.1. The highest BCUT2D eigenvalue weighted by molar-refractivity contribution is 5.77. The van der Waals surface area contributed by atoms with E-state index in [1.807, 2.05) is 0 Å². The topological polar surface area (TPSA) is 41.1 Å². The number of rotatable bonds is 7. The Morgan fingerprint density at radius 2 is 2.00 bits per heavy atom. The Balaban J connectivity index is 3.11. The van der Waals surface area contributed by atoms with Crippen LogP contribution >= 0.6 is 0 Å². The monoisotopic (exact) mass is 186 g/mol. The van der Waals surface area contributed by atoms with E-state index in [0.29, 0.717) is 6.54 Å². The van der Waals surface area contributed by atoms with Crippen LogP contribution in [0, 0.1) is 5.92 Å². The van der Waals surface area contributed by atoms with E-state index < -0.39 is 0 Å². The SMILES string of the molecule is CNCC(=O)NCCCCC(C)C. The van der Waals surface area contributed by atoms with Gasteiger partial charge in [-0.2, -0.15) is 0 Å². The minimum Gasteiger partial charge on any atom is -0.355 e. The first-order valence-electron chi connectivity index (χ1n) is 5.08. The average Bonchev–Trinajstić information content (AvgIpc) is 2.03. The quantitative estimate of drug-likeness (QED) is 0.586. The molecule has 0 aromatic carbocycles. The Hall–Kier alpha value is -0.570. The van der Waals surface area contributed by atoms with Crippen molar-refractivity contribution in [2.45, 2.75) is 33.1 Å². The van der Waals surface area contributed by atoms with Crippen molar-refractivity contribution in [3.8, 4) is 0 Å². The smallest absolute Gasteiger partial charge is 0.233 e. The summed E-state index contributed by atoms with van der Waals surface area (Å²) in [5, 5.41) is 5.67. The molecular weight excluding hydrogens is 164 g/mol. The number of carbonyl (C=O) groups excluding carboxylic acids is 1. The van der Waals surface area contributed by atoms with Gasteiger partial charge in [0.25, 0.3) is 0 Å². The van der Waals surface area contributed by atoms with E-state index in [4.69, 9.17) is 0 Å². The van der Waals surface area contributed by atoms with Gasteiger partial charge in [0.05, 0.1) is 6.54 Å². The Morgan fingerprint density at radius 3 is 2.54 bits per heavy atom. The molecule has 0 fully saturated rings. The van der Waals surface area contributed by atoms with Crippen LogP contribution in [0.4, 0.5) is 0 Å². The van der Waals surface area contributed by atoms with Gasteiger partial charge in [-0.25, -0.2) is 0 Å². The van der Waals surface area contributed by atoms with Crippen LogP contribution in [-0.2, 0) is 4.79 Å². The molecule has 0 aliphatic heterocycles. The standard InChI is InChI=1S/C10H22N2O/c1-9(2)6-4-5-7-12-10(13)8-11-3/h9,11H,4-8H2,1-3H3,(H,12,13). The molecule has 0 aromatic heterocycles. The maximum absolute atomic E-state index is 11.0. The summed E-state index contributed by atoms with van der Waals surface area (Å²) in [5.41, 5.74) is 0. The summed E-state index contributed by atoms with van der Waals surface area (Å²) in [6, 6.07) is 0. The van der Waals surface area contributed by atoms with Gasteiger partial charge >= 0.3 is 0 Å². The van der Waals surface area contributed by atoms with Crippen molar-refractivity contribution in [1.82, 2.24) is 10.6 Å². The molecule has 0 rings (SSSR count). The lowest BCUT2D eigenvalue weighted by Gasteiger charge is -2.05. The van der Waals surface area contributed by atoms with Crippen molar-refractivity contribution in [3.63, 3.8) is 0 Å². The van der Waals surface area contributed by atoms with Gasteiger partial charge in [0, 0.05) is 6.54 Å². The van der Waals surface area contributed by atoms with Crippen molar-refractivity contribution in [3.05, 3.63) is 0 Å². The molecule has 1 amide bonds. The van der Waals surface area contributed by atoms with E-state index in [1.54, 1.807) is 7.05 Å². The Kier molecular flexibility index (Phi) is 7.69. The number of hydrogen-bond donors (Lipinski definition) is 2. The average molecular weight is 186 g/mol. The third kappa shape index (κ3) is 9.34. The number of nitrogens with one attached hydrogen (secondary N) is 2. The van der Waals surface area contributed by atoms with Crippen LogP contribution in [-0.4, -0.2) is 26.0 Å². The molecule has 0 heterocycles. The van der Waals surface area contributed by atoms with Crippen molar-refractivity contribution in [2.24, 2.45) is 5.92 Å². The first-order valence-corrected chi connectivity index (χ1v) is 5.08. The molecule has 0 aromatic rings. The molecule has 0 aliphatic carbocycles. The number of amides is 1. The summed E-state index contributed by atoms with van der Waals surface area (Å²) in [7, 11) is 1.78. The van der Waals surface area contributed by atoms with E-state index >= 15 is 0 Å². The van der Waals surface area contributed by atoms with Crippen LogP contribution in [0.5, 0.6) is 0 Å². The molecular formula is C10H22N2O. The lowest BCUT2D eigenvalue weighted by Crippen LogP contribution is -2.32. The zero-order chi connectivity index (χ0) is 10.1. The highest BCUT2D eigenvalue weighted by atomic mass is 16.1. The second-order valence-electron chi connectivity index (χ2n) is 3.77. The minimum absolute atomic E-state index is 0.0899. The molecule has 0 spiro atoms. The van der Waals surface area contributed by atoms with Gasteiger partial charge in [-0.15, -0.1) is 0 Å². The predicted molar refractivity (Wildman–Crippen MR) is 55.6 cm³/mol. The predicted octanol–water partition coefficient (Wildman–Crippen LogP) is 1.15. The largest absolute Gasteiger partial charge is 0.355 e. The summed E-state index contributed by atoms with van der Waals surface area (Å²) in [6.45, 7) is 5.68. The van der Waals surface area contributed by atoms with Gasteiger partial charge < -0.3 is 10.6 Å². The number of likely N-dealkylation sites (N-methyl/N-ethyl adjacent to an activating group) is 1. The van der Waals surface area contributed by atoms with Gasteiger partial charge in [-0.1, -0.05) is 26.7 Å². The van der Waals surface area contributed by atoms with Crippen LogP contribution in [0.1, 0.15) is 33.1 Å². The van der Waals surface area contributed by atoms with Crippen LogP contribution < -0.4 is 10.6 Å². The molecule has 78 valence electrons. The van der Waals surface area contributed by atoms with Crippen molar-refractivity contribution >= 4 is 5.91 Å². The van der Waals surface area contributed by atoms with Crippen molar-refractivity contribution in [1.29, 1.82) is 0 Å². The van der Waals surface area contributed by atoms with E-state index in [9.17, 15) is 4.79 Å². The van der Waals surface area contributed by atoms with Crippen molar-refractivity contribution < 1.29 is 4.79 Å². The lowest BCUT2D eigenvalue weighted by molar-refractivity contribution is -0.120. The van der Waals surface area contributed by atoms with Crippen LogP contribution in [0.15, 0.2) is 0 Å². The first-order chi connectivity index (χ1) is 6.16. The van der Waals surface area contributed by atoms with E-state index in [2.05, 4.69) is 24.5 Å². The molecule has 0 unspecified atom stereocenters. The highest BCUT2D eigenvalue weighted by Crippen LogP contribution is 2.04. The third-order valence-corrected chi connectivity index (χ3v) is 1.87.